The van der Waals surface area contributed by atoms with Crippen molar-refractivity contribution in [3.05, 3.63) is 0 Å². The zero-order chi connectivity index (χ0) is 12.3. The van der Waals surface area contributed by atoms with E-state index in [1.165, 1.54) is 0 Å². The molecule has 1 aliphatic rings. The lowest BCUT2D eigenvalue weighted by molar-refractivity contribution is -0.146. The largest absolute Gasteiger partial charge is 0.480 e. The van der Waals surface area contributed by atoms with Crippen LogP contribution < -0.4 is 0 Å². The molecule has 0 bridgehead atoms. The highest BCUT2D eigenvalue weighted by Crippen LogP contribution is 2.19. The Morgan fingerprint density at radius 2 is 2.12 bits per heavy atom. The topological polar surface area (TPSA) is 43.8 Å². The van der Waals surface area contributed by atoms with E-state index >= 15 is 0 Å². The van der Waals surface area contributed by atoms with Gasteiger partial charge in [0.05, 0.1) is 0 Å². The monoisotopic (exact) mass is 228 g/mol. The van der Waals surface area contributed by atoms with Gasteiger partial charge in [-0.25, -0.2) is 0 Å². The Morgan fingerprint density at radius 1 is 1.50 bits per heavy atom. The minimum Gasteiger partial charge on any atom is -0.480 e. The molecular weight excluding hydrogens is 204 g/mol. The van der Waals surface area contributed by atoms with Crippen molar-refractivity contribution in [2.75, 3.05) is 27.2 Å². The minimum atomic E-state index is -0.703. The highest BCUT2D eigenvalue weighted by Gasteiger charge is 2.32. The molecule has 1 saturated heterocycles. The molecule has 0 aromatic carbocycles. The molecule has 0 aliphatic carbocycles. The summed E-state index contributed by atoms with van der Waals surface area (Å²) in [6.07, 6.45) is 2.27. The predicted molar refractivity (Wildman–Crippen MR) is 64.5 cm³/mol. The number of aliphatic carboxylic acids is 1. The molecule has 0 radical (unpaired) electrons. The van der Waals surface area contributed by atoms with Crippen LogP contribution in [0.3, 0.4) is 0 Å². The van der Waals surface area contributed by atoms with Crippen molar-refractivity contribution < 1.29 is 9.90 Å². The third-order valence-corrected chi connectivity index (χ3v) is 3.50. The van der Waals surface area contributed by atoms with E-state index in [-0.39, 0.29) is 12.0 Å². The molecule has 1 aliphatic heterocycles. The highest BCUT2D eigenvalue weighted by molar-refractivity contribution is 5.73. The van der Waals surface area contributed by atoms with Crippen molar-refractivity contribution in [2.24, 2.45) is 5.92 Å². The number of likely N-dealkylation sites (tertiary alicyclic amines) is 1. The van der Waals surface area contributed by atoms with Gasteiger partial charge in [0.2, 0.25) is 0 Å². The number of nitrogens with zero attached hydrogens (tertiary/aromatic N) is 2. The van der Waals surface area contributed by atoms with E-state index in [0.29, 0.717) is 6.04 Å². The molecule has 0 amide bonds. The number of hydrogen-bond acceptors (Lipinski definition) is 3. The van der Waals surface area contributed by atoms with Crippen LogP contribution in [0, 0.1) is 5.92 Å². The SMILES string of the molecule is CC(C)C(C(=O)O)N(C)C1CCCN(C)C1. The number of likely N-dealkylation sites (N-methyl/N-ethyl adjacent to an activating group) is 2. The number of carbonyl (C=O) groups is 1. The van der Waals surface area contributed by atoms with Crippen LogP contribution in [-0.4, -0.2) is 60.1 Å². The predicted octanol–water partition coefficient (Wildman–Crippen LogP) is 1.12. The first-order valence-corrected chi connectivity index (χ1v) is 6.06. The number of rotatable bonds is 4. The van der Waals surface area contributed by atoms with Gasteiger partial charge in [-0.2, -0.15) is 0 Å². The smallest absolute Gasteiger partial charge is 0.321 e. The molecule has 1 heterocycles. The Labute approximate surface area is 98.2 Å². The molecule has 2 atom stereocenters. The summed E-state index contributed by atoms with van der Waals surface area (Å²) in [6, 6.07) is 0.0127. The molecule has 1 N–H and O–H groups in total. The van der Waals surface area contributed by atoms with Gasteiger partial charge in [-0.05, 0) is 39.4 Å². The molecule has 1 fully saturated rings. The number of hydrogen-bond donors (Lipinski definition) is 1. The van der Waals surface area contributed by atoms with Gasteiger partial charge in [-0.3, -0.25) is 9.69 Å². The summed E-state index contributed by atoms with van der Waals surface area (Å²) in [5, 5.41) is 9.26. The van der Waals surface area contributed by atoms with Crippen LogP contribution >= 0.6 is 0 Å². The van der Waals surface area contributed by atoms with Crippen LogP contribution in [0.1, 0.15) is 26.7 Å². The van der Waals surface area contributed by atoms with Gasteiger partial charge >= 0.3 is 5.97 Å². The Hall–Kier alpha value is -0.610. The average Bonchev–Trinajstić information content (AvgIpc) is 2.16. The van der Waals surface area contributed by atoms with E-state index in [2.05, 4.69) is 11.9 Å². The fourth-order valence-corrected chi connectivity index (χ4v) is 2.63. The molecule has 2 unspecified atom stereocenters. The van der Waals surface area contributed by atoms with Gasteiger partial charge in [-0.15, -0.1) is 0 Å². The zero-order valence-corrected chi connectivity index (χ0v) is 10.8. The summed E-state index contributed by atoms with van der Waals surface area (Å²) in [5.41, 5.74) is 0. The fraction of sp³-hybridized carbons (Fsp3) is 0.917. The second-order valence-corrected chi connectivity index (χ2v) is 5.25. The van der Waals surface area contributed by atoms with Crippen LogP contribution in [0.5, 0.6) is 0 Å². The molecule has 1 rings (SSSR count). The van der Waals surface area contributed by atoms with E-state index in [1.54, 1.807) is 0 Å². The maximum Gasteiger partial charge on any atom is 0.321 e. The van der Waals surface area contributed by atoms with Gasteiger partial charge in [0.1, 0.15) is 6.04 Å². The minimum absolute atomic E-state index is 0.148. The van der Waals surface area contributed by atoms with Gasteiger partial charge < -0.3 is 10.0 Å². The van der Waals surface area contributed by atoms with Crippen molar-refractivity contribution in [1.82, 2.24) is 9.80 Å². The van der Waals surface area contributed by atoms with Gasteiger partial charge in [-0.1, -0.05) is 13.8 Å². The maximum absolute atomic E-state index is 11.3. The van der Waals surface area contributed by atoms with E-state index in [4.69, 9.17) is 0 Å². The Bertz CT molecular complexity index is 243. The summed E-state index contributed by atoms with van der Waals surface area (Å²) in [7, 11) is 4.05. The first kappa shape index (κ1) is 13.5. The standard InChI is InChI=1S/C12H24N2O2/c1-9(2)11(12(15)16)14(4)10-6-5-7-13(3)8-10/h9-11H,5-8H2,1-4H3,(H,15,16). The third-order valence-electron chi connectivity index (χ3n) is 3.50. The maximum atomic E-state index is 11.3. The van der Waals surface area contributed by atoms with Crippen molar-refractivity contribution >= 4 is 5.97 Å². The average molecular weight is 228 g/mol. The van der Waals surface area contributed by atoms with Crippen molar-refractivity contribution in [3.8, 4) is 0 Å². The summed E-state index contributed by atoms with van der Waals surface area (Å²) in [6.45, 7) is 6.06. The van der Waals surface area contributed by atoms with Crippen LogP contribution in [-0.2, 0) is 4.79 Å². The van der Waals surface area contributed by atoms with Crippen LogP contribution in [0.15, 0.2) is 0 Å². The van der Waals surface area contributed by atoms with Crippen LogP contribution in [0.2, 0.25) is 0 Å². The van der Waals surface area contributed by atoms with Gasteiger partial charge in [0, 0.05) is 12.6 Å². The third kappa shape index (κ3) is 3.19. The molecule has 16 heavy (non-hydrogen) atoms. The van der Waals surface area contributed by atoms with E-state index in [0.717, 1.165) is 25.9 Å². The molecule has 0 aromatic heterocycles. The Morgan fingerprint density at radius 3 is 2.56 bits per heavy atom. The second-order valence-electron chi connectivity index (χ2n) is 5.25. The lowest BCUT2D eigenvalue weighted by Crippen LogP contribution is -2.53. The lowest BCUT2D eigenvalue weighted by Gasteiger charge is -2.39. The van der Waals surface area contributed by atoms with Gasteiger partial charge in [0.25, 0.3) is 0 Å². The van der Waals surface area contributed by atoms with E-state index < -0.39 is 5.97 Å². The first-order chi connectivity index (χ1) is 7.43. The fourth-order valence-electron chi connectivity index (χ4n) is 2.63. The van der Waals surface area contributed by atoms with E-state index in [1.807, 2.05) is 25.8 Å². The summed E-state index contributed by atoms with van der Waals surface area (Å²) in [5.74, 6) is -0.555. The Kier molecular flexibility index (Phi) is 4.74. The molecule has 94 valence electrons. The van der Waals surface area contributed by atoms with Crippen molar-refractivity contribution in [1.29, 1.82) is 0 Å². The second kappa shape index (κ2) is 5.64. The zero-order valence-electron chi connectivity index (χ0n) is 10.8. The highest BCUT2D eigenvalue weighted by atomic mass is 16.4. The van der Waals surface area contributed by atoms with Gasteiger partial charge in [0.15, 0.2) is 0 Å². The first-order valence-electron chi connectivity index (χ1n) is 6.06. The summed E-state index contributed by atoms with van der Waals surface area (Å²) >= 11 is 0. The van der Waals surface area contributed by atoms with Crippen LogP contribution in [0.25, 0.3) is 0 Å². The van der Waals surface area contributed by atoms with Crippen LogP contribution in [0.4, 0.5) is 0 Å². The number of carboxylic acid groups (broad SMARTS) is 1. The van der Waals surface area contributed by atoms with Crippen molar-refractivity contribution in [2.45, 2.75) is 38.8 Å². The molecule has 0 saturated carbocycles. The lowest BCUT2D eigenvalue weighted by atomic mass is 9.98. The number of carboxylic acids is 1. The van der Waals surface area contributed by atoms with Crippen molar-refractivity contribution in [3.63, 3.8) is 0 Å². The molecular formula is C12H24N2O2. The van der Waals surface area contributed by atoms with E-state index in [9.17, 15) is 9.90 Å². The summed E-state index contributed by atoms with van der Waals surface area (Å²) in [4.78, 5) is 15.6. The Balaban J connectivity index is 2.66. The molecule has 4 heteroatoms. The quantitative estimate of drug-likeness (QED) is 0.783. The summed E-state index contributed by atoms with van der Waals surface area (Å²) < 4.78 is 0. The molecule has 0 spiro atoms. The normalized spacial score (nSPS) is 25.0. The number of piperidine rings is 1. The molecule has 4 nitrogen and oxygen atoms in total. The molecule has 0 aromatic rings.